The highest BCUT2D eigenvalue weighted by molar-refractivity contribution is 5.07. The van der Waals surface area contributed by atoms with Crippen molar-refractivity contribution in [2.45, 2.75) is 13.1 Å². The van der Waals surface area contributed by atoms with Gasteiger partial charge in [-0.2, -0.15) is 0 Å². The summed E-state index contributed by atoms with van der Waals surface area (Å²) in [5.74, 6) is 0. The quantitative estimate of drug-likeness (QED) is 0.717. The largest absolute Gasteiger partial charge is 0.311 e. The Balaban J connectivity index is 1.68. The molecular formula is C10H13N5. The number of hydrogen-bond donors (Lipinski definition) is 1. The van der Waals surface area contributed by atoms with Crippen LogP contribution in [0.4, 0.5) is 0 Å². The standard InChI is InChI=1S/C10H13N5/c1-2-10(8-11-3-1)9-12-4-6-15-7-5-13-14-15/h1-3,5,7-8,12H,4,6,9H2. The van der Waals surface area contributed by atoms with E-state index in [2.05, 4.69) is 26.7 Å². The first-order valence-electron chi connectivity index (χ1n) is 4.89. The Bertz CT molecular complexity index is 370. The van der Waals surface area contributed by atoms with Crippen LogP contribution >= 0.6 is 0 Å². The molecule has 0 aliphatic heterocycles. The molecule has 0 spiro atoms. The van der Waals surface area contributed by atoms with E-state index in [-0.39, 0.29) is 0 Å². The van der Waals surface area contributed by atoms with Gasteiger partial charge in [0.05, 0.1) is 12.7 Å². The Kier molecular flexibility index (Phi) is 3.40. The minimum absolute atomic E-state index is 0.834. The van der Waals surface area contributed by atoms with E-state index >= 15 is 0 Å². The zero-order chi connectivity index (χ0) is 10.3. The molecule has 5 heteroatoms. The molecule has 2 aromatic rings. The molecule has 0 radical (unpaired) electrons. The van der Waals surface area contributed by atoms with Gasteiger partial charge in [-0.25, -0.2) is 0 Å². The maximum atomic E-state index is 4.05. The Morgan fingerprint density at radius 3 is 3.07 bits per heavy atom. The number of aromatic nitrogens is 4. The van der Waals surface area contributed by atoms with Crippen molar-refractivity contribution in [3.63, 3.8) is 0 Å². The van der Waals surface area contributed by atoms with Gasteiger partial charge in [0.25, 0.3) is 0 Å². The number of nitrogens with one attached hydrogen (secondary N) is 1. The molecule has 2 heterocycles. The molecule has 0 saturated heterocycles. The minimum atomic E-state index is 0.834. The van der Waals surface area contributed by atoms with Crippen molar-refractivity contribution >= 4 is 0 Å². The fourth-order valence-corrected chi connectivity index (χ4v) is 1.28. The summed E-state index contributed by atoms with van der Waals surface area (Å²) in [4.78, 5) is 4.05. The van der Waals surface area contributed by atoms with Crippen molar-refractivity contribution in [2.75, 3.05) is 6.54 Å². The molecule has 15 heavy (non-hydrogen) atoms. The summed E-state index contributed by atoms with van der Waals surface area (Å²) in [5, 5.41) is 10.9. The molecule has 0 fully saturated rings. The van der Waals surface area contributed by atoms with Crippen LogP contribution in [0.5, 0.6) is 0 Å². The molecule has 0 saturated carbocycles. The van der Waals surface area contributed by atoms with Gasteiger partial charge >= 0.3 is 0 Å². The maximum Gasteiger partial charge on any atom is 0.0692 e. The third kappa shape index (κ3) is 3.14. The lowest BCUT2D eigenvalue weighted by molar-refractivity contribution is 0.540. The summed E-state index contributed by atoms with van der Waals surface area (Å²) in [6, 6.07) is 3.99. The summed E-state index contributed by atoms with van der Waals surface area (Å²) in [6.45, 7) is 2.54. The molecule has 0 bridgehead atoms. The van der Waals surface area contributed by atoms with Crippen molar-refractivity contribution < 1.29 is 0 Å². The molecule has 0 unspecified atom stereocenters. The third-order valence-electron chi connectivity index (χ3n) is 2.04. The fraction of sp³-hybridized carbons (Fsp3) is 0.300. The SMILES string of the molecule is c1cncc(CNCCn2ccnn2)c1. The van der Waals surface area contributed by atoms with Gasteiger partial charge in [-0.15, -0.1) is 5.10 Å². The van der Waals surface area contributed by atoms with Crippen LogP contribution in [0, 0.1) is 0 Å². The van der Waals surface area contributed by atoms with E-state index in [0.29, 0.717) is 0 Å². The van der Waals surface area contributed by atoms with Crippen molar-refractivity contribution in [3.05, 3.63) is 42.5 Å². The van der Waals surface area contributed by atoms with Crippen LogP contribution in [-0.4, -0.2) is 26.5 Å². The van der Waals surface area contributed by atoms with Gasteiger partial charge in [-0.3, -0.25) is 9.67 Å². The van der Waals surface area contributed by atoms with Gasteiger partial charge in [0.1, 0.15) is 0 Å². The average molecular weight is 203 g/mol. The van der Waals surface area contributed by atoms with Gasteiger partial charge in [0.15, 0.2) is 0 Å². The highest BCUT2D eigenvalue weighted by Crippen LogP contribution is 1.93. The van der Waals surface area contributed by atoms with E-state index in [9.17, 15) is 0 Å². The van der Waals surface area contributed by atoms with Crippen LogP contribution < -0.4 is 5.32 Å². The summed E-state index contributed by atoms with van der Waals surface area (Å²) in [7, 11) is 0. The van der Waals surface area contributed by atoms with Crippen LogP contribution in [0.15, 0.2) is 36.9 Å². The van der Waals surface area contributed by atoms with Crippen LogP contribution in [-0.2, 0) is 13.1 Å². The number of nitrogens with zero attached hydrogens (tertiary/aromatic N) is 4. The van der Waals surface area contributed by atoms with Crippen LogP contribution in [0.2, 0.25) is 0 Å². The first kappa shape index (κ1) is 9.79. The summed E-state index contributed by atoms with van der Waals surface area (Å²) >= 11 is 0. The first-order valence-corrected chi connectivity index (χ1v) is 4.89. The van der Waals surface area contributed by atoms with Gasteiger partial charge in [-0.1, -0.05) is 11.3 Å². The number of pyridine rings is 1. The number of hydrogen-bond acceptors (Lipinski definition) is 4. The lowest BCUT2D eigenvalue weighted by Crippen LogP contribution is -2.19. The Morgan fingerprint density at radius 1 is 1.33 bits per heavy atom. The second-order valence-electron chi connectivity index (χ2n) is 3.20. The molecule has 0 aliphatic carbocycles. The maximum absolute atomic E-state index is 4.05. The van der Waals surface area contributed by atoms with Crippen LogP contribution in [0.1, 0.15) is 5.56 Å². The van der Waals surface area contributed by atoms with E-state index < -0.39 is 0 Å². The van der Waals surface area contributed by atoms with E-state index in [1.54, 1.807) is 17.1 Å². The van der Waals surface area contributed by atoms with Crippen molar-refractivity contribution in [1.29, 1.82) is 0 Å². The first-order chi connectivity index (χ1) is 7.45. The van der Waals surface area contributed by atoms with E-state index in [0.717, 1.165) is 19.6 Å². The Morgan fingerprint density at radius 2 is 2.33 bits per heavy atom. The van der Waals surface area contributed by atoms with Gasteiger partial charge in [-0.05, 0) is 11.6 Å². The monoisotopic (exact) mass is 203 g/mol. The second kappa shape index (κ2) is 5.21. The Labute approximate surface area is 88.1 Å². The lowest BCUT2D eigenvalue weighted by atomic mass is 10.3. The summed E-state index contributed by atoms with van der Waals surface area (Å²) in [6.07, 6.45) is 7.17. The zero-order valence-electron chi connectivity index (χ0n) is 8.37. The minimum Gasteiger partial charge on any atom is -0.311 e. The average Bonchev–Trinajstić information content (AvgIpc) is 2.79. The molecule has 2 rings (SSSR count). The third-order valence-corrected chi connectivity index (χ3v) is 2.04. The second-order valence-corrected chi connectivity index (χ2v) is 3.20. The van der Waals surface area contributed by atoms with E-state index in [1.165, 1.54) is 5.56 Å². The summed E-state index contributed by atoms with van der Waals surface area (Å²) in [5.41, 5.74) is 1.19. The molecule has 2 aromatic heterocycles. The molecular weight excluding hydrogens is 190 g/mol. The molecule has 0 aromatic carbocycles. The molecule has 0 amide bonds. The molecule has 5 nitrogen and oxygen atoms in total. The van der Waals surface area contributed by atoms with E-state index in [1.807, 2.05) is 18.5 Å². The zero-order valence-corrected chi connectivity index (χ0v) is 8.37. The van der Waals surface area contributed by atoms with Crippen molar-refractivity contribution in [2.24, 2.45) is 0 Å². The smallest absolute Gasteiger partial charge is 0.0692 e. The van der Waals surface area contributed by atoms with Crippen molar-refractivity contribution in [1.82, 2.24) is 25.3 Å². The van der Waals surface area contributed by atoms with Gasteiger partial charge in [0.2, 0.25) is 0 Å². The lowest BCUT2D eigenvalue weighted by Gasteiger charge is -2.03. The molecule has 0 aliphatic rings. The van der Waals surface area contributed by atoms with Crippen LogP contribution in [0.3, 0.4) is 0 Å². The molecule has 1 N–H and O–H groups in total. The fourth-order valence-electron chi connectivity index (χ4n) is 1.28. The Hall–Kier alpha value is -1.75. The predicted octanol–water partition coefficient (Wildman–Crippen LogP) is 0.463. The van der Waals surface area contributed by atoms with Gasteiger partial charge < -0.3 is 5.32 Å². The summed E-state index contributed by atoms with van der Waals surface area (Å²) < 4.78 is 1.80. The molecule has 0 atom stereocenters. The topological polar surface area (TPSA) is 55.6 Å². The normalized spacial score (nSPS) is 10.4. The van der Waals surface area contributed by atoms with Crippen molar-refractivity contribution in [3.8, 4) is 0 Å². The molecule has 78 valence electrons. The van der Waals surface area contributed by atoms with Crippen LogP contribution in [0.25, 0.3) is 0 Å². The predicted molar refractivity (Wildman–Crippen MR) is 56.0 cm³/mol. The highest BCUT2D eigenvalue weighted by atomic mass is 15.4. The highest BCUT2D eigenvalue weighted by Gasteiger charge is 1.92. The van der Waals surface area contributed by atoms with E-state index in [4.69, 9.17) is 0 Å². The number of rotatable bonds is 5. The van der Waals surface area contributed by atoms with Gasteiger partial charge in [0, 0.05) is 31.7 Å².